The number of alkyl halides is 3. The molecule has 0 saturated carbocycles. The molecule has 1 aliphatic rings. The number of halogens is 3. The zero-order valence-corrected chi connectivity index (χ0v) is 10.7. The molecule has 1 atom stereocenters. The number of nitrogens with two attached hydrogens (primary N) is 1. The van der Waals surface area contributed by atoms with Crippen LogP contribution in [0.1, 0.15) is 19.3 Å². The molecule has 6 nitrogen and oxygen atoms in total. The van der Waals surface area contributed by atoms with Gasteiger partial charge in [0.2, 0.25) is 6.41 Å². The monoisotopic (exact) mass is 295 g/mol. The molecule has 1 aliphatic heterocycles. The maximum absolute atomic E-state index is 12.4. The van der Waals surface area contributed by atoms with Gasteiger partial charge >= 0.3 is 12.1 Å². The molecule has 0 radical (unpaired) electrons. The SMILES string of the molecule is NCCCN(C=O)C(=O)C1CCCN1C(=O)C(F)(F)F. The van der Waals surface area contributed by atoms with Crippen LogP contribution in [-0.2, 0) is 14.4 Å². The molecule has 0 aromatic carbocycles. The highest BCUT2D eigenvalue weighted by atomic mass is 19.4. The average Bonchev–Trinajstić information content (AvgIpc) is 2.86. The van der Waals surface area contributed by atoms with Gasteiger partial charge in [0, 0.05) is 13.1 Å². The first kappa shape index (κ1) is 16.4. The summed E-state index contributed by atoms with van der Waals surface area (Å²) in [6, 6.07) is -1.23. The third-order valence-electron chi connectivity index (χ3n) is 3.05. The van der Waals surface area contributed by atoms with Gasteiger partial charge in [-0.15, -0.1) is 0 Å². The first-order valence-corrected chi connectivity index (χ1v) is 6.16. The van der Waals surface area contributed by atoms with Gasteiger partial charge in [-0.2, -0.15) is 13.2 Å². The summed E-state index contributed by atoms with van der Waals surface area (Å²) in [5.41, 5.74) is 5.25. The van der Waals surface area contributed by atoms with E-state index in [0.717, 1.165) is 4.90 Å². The molecular formula is C11H16F3N3O3. The standard InChI is InChI=1S/C11H16F3N3O3/c12-11(13,14)10(20)17-6-1-3-8(17)9(19)16(7-18)5-2-4-15/h7-8H,1-6,15H2. The van der Waals surface area contributed by atoms with Crippen molar-refractivity contribution in [2.45, 2.75) is 31.5 Å². The Morgan fingerprint density at radius 2 is 2.05 bits per heavy atom. The minimum Gasteiger partial charge on any atom is -0.330 e. The predicted molar refractivity (Wildman–Crippen MR) is 62.2 cm³/mol. The van der Waals surface area contributed by atoms with Gasteiger partial charge < -0.3 is 10.6 Å². The van der Waals surface area contributed by atoms with Gasteiger partial charge in [0.05, 0.1) is 0 Å². The zero-order chi connectivity index (χ0) is 15.3. The molecule has 2 N–H and O–H groups in total. The molecule has 1 saturated heterocycles. The van der Waals surface area contributed by atoms with E-state index in [1.54, 1.807) is 0 Å². The molecular weight excluding hydrogens is 279 g/mol. The Bertz CT molecular complexity index is 387. The second-order valence-corrected chi connectivity index (χ2v) is 4.43. The lowest BCUT2D eigenvalue weighted by Gasteiger charge is -2.27. The maximum atomic E-state index is 12.4. The Morgan fingerprint density at radius 3 is 2.55 bits per heavy atom. The van der Waals surface area contributed by atoms with E-state index < -0.39 is 24.0 Å². The van der Waals surface area contributed by atoms with E-state index >= 15 is 0 Å². The van der Waals surface area contributed by atoms with E-state index in [4.69, 9.17) is 5.73 Å². The third kappa shape index (κ3) is 3.69. The number of carbonyl (C=O) groups is 3. The number of carbonyl (C=O) groups excluding carboxylic acids is 3. The van der Waals surface area contributed by atoms with Crippen LogP contribution < -0.4 is 5.73 Å². The highest BCUT2D eigenvalue weighted by Gasteiger charge is 2.48. The third-order valence-corrected chi connectivity index (χ3v) is 3.05. The largest absolute Gasteiger partial charge is 0.471 e. The number of hydrogen-bond acceptors (Lipinski definition) is 4. The molecule has 0 bridgehead atoms. The molecule has 20 heavy (non-hydrogen) atoms. The van der Waals surface area contributed by atoms with Crippen LogP contribution in [0, 0.1) is 0 Å². The van der Waals surface area contributed by atoms with Crippen LogP contribution in [0.5, 0.6) is 0 Å². The molecule has 0 aliphatic carbocycles. The average molecular weight is 295 g/mol. The lowest BCUT2D eigenvalue weighted by atomic mass is 10.2. The number of hydrogen-bond donors (Lipinski definition) is 1. The van der Waals surface area contributed by atoms with E-state index in [9.17, 15) is 27.6 Å². The Labute approximate surface area is 113 Å². The van der Waals surface area contributed by atoms with E-state index in [2.05, 4.69) is 0 Å². The number of rotatable bonds is 5. The second-order valence-electron chi connectivity index (χ2n) is 4.43. The summed E-state index contributed by atoms with van der Waals surface area (Å²) >= 11 is 0. The molecule has 3 amide bonds. The molecule has 0 aromatic rings. The van der Waals surface area contributed by atoms with Crippen LogP contribution in [0.25, 0.3) is 0 Å². The Hall–Kier alpha value is -1.64. The van der Waals surface area contributed by atoms with Gasteiger partial charge in [-0.05, 0) is 25.8 Å². The lowest BCUT2D eigenvalue weighted by Crippen LogP contribution is -2.51. The van der Waals surface area contributed by atoms with E-state index in [0.29, 0.717) is 17.7 Å². The summed E-state index contributed by atoms with van der Waals surface area (Å²) in [5, 5.41) is 0. The van der Waals surface area contributed by atoms with Crippen molar-refractivity contribution in [1.29, 1.82) is 0 Å². The topological polar surface area (TPSA) is 83.7 Å². The van der Waals surface area contributed by atoms with Crippen LogP contribution >= 0.6 is 0 Å². The van der Waals surface area contributed by atoms with Crippen LogP contribution in [0.15, 0.2) is 0 Å². The highest BCUT2D eigenvalue weighted by molar-refractivity contribution is 5.94. The number of likely N-dealkylation sites (tertiary alicyclic amines) is 1. The fourth-order valence-corrected chi connectivity index (χ4v) is 2.10. The van der Waals surface area contributed by atoms with E-state index in [1.807, 2.05) is 0 Å². The Morgan fingerprint density at radius 1 is 1.40 bits per heavy atom. The summed E-state index contributed by atoms with van der Waals surface area (Å²) in [4.78, 5) is 35.3. The molecule has 9 heteroatoms. The smallest absolute Gasteiger partial charge is 0.330 e. The molecule has 0 spiro atoms. The Balaban J connectivity index is 2.80. The van der Waals surface area contributed by atoms with Crippen molar-refractivity contribution in [2.75, 3.05) is 19.6 Å². The number of imide groups is 1. The molecule has 1 rings (SSSR count). The summed E-state index contributed by atoms with van der Waals surface area (Å²) in [7, 11) is 0. The van der Waals surface area contributed by atoms with Crippen molar-refractivity contribution >= 4 is 18.2 Å². The quantitative estimate of drug-likeness (QED) is 0.716. The predicted octanol–water partition coefficient (Wildman–Crippen LogP) is -0.127. The van der Waals surface area contributed by atoms with Gasteiger partial charge in [-0.3, -0.25) is 19.3 Å². The first-order valence-electron chi connectivity index (χ1n) is 6.16. The number of nitrogens with zero attached hydrogens (tertiary/aromatic N) is 2. The van der Waals surface area contributed by atoms with E-state index in [-0.39, 0.29) is 32.5 Å². The Kier molecular flexibility index (Phi) is 5.49. The van der Waals surface area contributed by atoms with Crippen molar-refractivity contribution in [1.82, 2.24) is 9.80 Å². The van der Waals surface area contributed by atoms with Gasteiger partial charge in [0.25, 0.3) is 5.91 Å². The molecule has 1 unspecified atom stereocenters. The summed E-state index contributed by atoms with van der Waals surface area (Å²) in [6.45, 7) is 0.134. The first-order chi connectivity index (χ1) is 9.32. The fraction of sp³-hybridized carbons (Fsp3) is 0.727. The van der Waals surface area contributed by atoms with Crippen LogP contribution in [0.2, 0.25) is 0 Å². The molecule has 1 heterocycles. The number of amides is 3. The molecule has 0 aromatic heterocycles. The zero-order valence-electron chi connectivity index (χ0n) is 10.7. The van der Waals surface area contributed by atoms with E-state index in [1.165, 1.54) is 0 Å². The summed E-state index contributed by atoms with van der Waals surface area (Å²) in [6.07, 6.45) is -4.00. The summed E-state index contributed by atoms with van der Waals surface area (Å²) in [5.74, 6) is -2.83. The normalized spacial score (nSPS) is 19.0. The molecule has 114 valence electrons. The van der Waals surface area contributed by atoms with Crippen molar-refractivity contribution in [3.05, 3.63) is 0 Å². The van der Waals surface area contributed by atoms with Crippen LogP contribution in [0.4, 0.5) is 13.2 Å². The van der Waals surface area contributed by atoms with Crippen LogP contribution in [0.3, 0.4) is 0 Å². The second kappa shape index (κ2) is 6.69. The van der Waals surface area contributed by atoms with Crippen molar-refractivity contribution in [3.8, 4) is 0 Å². The fourth-order valence-electron chi connectivity index (χ4n) is 2.10. The van der Waals surface area contributed by atoms with Crippen molar-refractivity contribution in [3.63, 3.8) is 0 Å². The molecule has 1 fully saturated rings. The van der Waals surface area contributed by atoms with Gasteiger partial charge in [-0.25, -0.2) is 0 Å². The van der Waals surface area contributed by atoms with Crippen molar-refractivity contribution < 1.29 is 27.6 Å². The maximum Gasteiger partial charge on any atom is 0.471 e. The lowest BCUT2D eigenvalue weighted by molar-refractivity contribution is -0.187. The summed E-state index contributed by atoms with van der Waals surface area (Å²) < 4.78 is 37.3. The van der Waals surface area contributed by atoms with Gasteiger partial charge in [-0.1, -0.05) is 0 Å². The van der Waals surface area contributed by atoms with Gasteiger partial charge in [0.1, 0.15) is 6.04 Å². The minimum absolute atomic E-state index is 0.0311. The highest BCUT2D eigenvalue weighted by Crippen LogP contribution is 2.26. The minimum atomic E-state index is -5.02. The van der Waals surface area contributed by atoms with Crippen LogP contribution in [-0.4, -0.2) is 59.9 Å². The van der Waals surface area contributed by atoms with Crippen molar-refractivity contribution in [2.24, 2.45) is 5.73 Å². The van der Waals surface area contributed by atoms with Gasteiger partial charge in [0.15, 0.2) is 0 Å².